The van der Waals surface area contributed by atoms with E-state index in [1.807, 2.05) is 0 Å². The molecule has 4 heteroatoms. The van der Waals surface area contributed by atoms with Crippen LogP contribution in [0.3, 0.4) is 0 Å². The summed E-state index contributed by atoms with van der Waals surface area (Å²) in [5.74, 6) is -0.882. The van der Waals surface area contributed by atoms with E-state index in [2.05, 4.69) is 5.32 Å². The highest BCUT2D eigenvalue weighted by Crippen LogP contribution is 2.41. The number of carboxylic acids is 1. The van der Waals surface area contributed by atoms with Gasteiger partial charge in [-0.1, -0.05) is 12.8 Å². The zero-order valence-corrected chi connectivity index (χ0v) is 8.79. The van der Waals surface area contributed by atoms with Gasteiger partial charge in [0.2, 0.25) is 5.91 Å². The highest BCUT2D eigenvalue weighted by Gasteiger charge is 2.43. The number of hydrogen-bond donors (Lipinski definition) is 2. The predicted octanol–water partition coefficient (Wildman–Crippen LogP) is 1.30. The molecule has 0 spiro atoms. The fraction of sp³-hybridized carbons (Fsp3) is 0.818. The number of hydrogen-bond acceptors (Lipinski definition) is 2. The molecular weight excluding hydrogens is 194 g/mol. The zero-order chi connectivity index (χ0) is 10.9. The summed E-state index contributed by atoms with van der Waals surface area (Å²) in [6.45, 7) is 0. The molecule has 2 saturated carbocycles. The number of carbonyl (C=O) groups excluding carboxylic acids is 1. The Morgan fingerprint density at radius 3 is 2.33 bits per heavy atom. The van der Waals surface area contributed by atoms with Crippen molar-refractivity contribution in [3.63, 3.8) is 0 Å². The van der Waals surface area contributed by atoms with E-state index in [0.29, 0.717) is 18.9 Å². The third kappa shape index (κ3) is 2.30. The number of rotatable bonds is 4. The van der Waals surface area contributed by atoms with Gasteiger partial charge in [0.05, 0.1) is 5.41 Å². The van der Waals surface area contributed by atoms with Crippen LogP contribution in [0.4, 0.5) is 0 Å². The molecule has 2 N–H and O–H groups in total. The van der Waals surface area contributed by atoms with Crippen LogP contribution >= 0.6 is 0 Å². The first kappa shape index (κ1) is 10.5. The second kappa shape index (κ2) is 3.83. The van der Waals surface area contributed by atoms with Gasteiger partial charge in [-0.05, 0) is 25.7 Å². The molecular formula is C11H17NO3. The van der Waals surface area contributed by atoms with Crippen molar-refractivity contribution in [3.05, 3.63) is 0 Å². The van der Waals surface area contributed by atoms with Crippen molar-refractivity contribution in [3.8, 4) is 0 Å². The van der Waals surface area contributed by atoms with Gasteiger partial charge in [0.15, 0.2) is 0 Å². The fourth-order valence-corrected chi connectivity index (χ4v) is 2.33. The molecule has 0 heterocycles. The molecule has 0 aromatic heterocycles. The Labute approximate surface area is 89.0 Å². The van der Waals surface area contributed by atoms with Gasteiger partial charge < -0.3 is 10.4 Å². The van der Waals surface area contributed by atoms with Crippen molar-refractivity contribution < 1.29 is 14.7 Å². The molecule has 2 rings (SSSR count). The molecule has 2 aliphatic carbocycles. The third-order valence-corrected chi connectivity index (χ3v) is 3.46. The van der Waals surface area contributed by atoms with Crippen molar-refractivity contribution in [2.24, 2.45) is 5.41 Å². The van der Waals surface area contributed by atoms with Crippen molar-refractivity contribution in [1.82, 2.24) is 5.32 Å². The van der Waals surface area contributed by atoms with Gasteiger partial charge in [0.1, 0.15) is 0 Å². The van der Waals surface area contributed by atoms with Gasteiger partial charge in [-0.25, -0.2) is 0 Å². The lowest BCUT2D eigenvalue weighted by atomic mass is 9.82. The molecule has 0 bridgehead atoms. The molecule has 0 atom stereocenters. The smallest absolute Gasteiger partial charge is 0.310 e. The lowest BCUT2D eigenvalue weighted by molar-refractivity contribution is -0.151. The molecule has 4 nitrogen and oxygen atoms in total. The molecule has 0 aromatic carbocycles. The minimum Gasteiger partial charge on any atom is -0.481 e. The summed E-state index contributed by atoms with van der Waals surface area (Å²) >= 11 is 0. The molecule has 0 aromatic rings. The van der Waals surface area contributed by atoms with Crippen LogP contribution in [0.15, 0.2) is 0 Å². The molecule has 0 unspecified atom stereocenters. The van der Waals surface area contributed by atoms with Crippen LogP contribution in [0.25, 0.3) is 0 Å². The average molecular weight is 211 g/mol. The maximum atomic E-state index is 11.6. The lowest BCUT2D eigenvalue weighted by Crippen LogP contribution is -2.36. The average Bonchev–Trinajstić information content (AvgIpc) is 2.82. The quantitative estimate of drug-likeness (QED) is 0.736. The molecule has 2 fully saturated rings. The summed E-state index contributed by atoms with van der Waals surface area (Å²) in [7, 11) is 0. The zero-order valence-electron chi connectivity index (χ0n) is 8.79. The van der Waals surface area contributed by atoms with Crippen LogP contribution in [0.2, 0.25) is 0 Å². The van der Waals surface area contributed by atoms with Gasteiger partial charge in [-0.15, -0.1) is 0 Å². The van der Waals surface area contributed by atoms with Crippen LogP contribution in [-0.2, 0) is 9.59 Å². The summed E-state index contributed by atoms with van der Waals surface area (Å²) in [5, 5.41) is 12.0. The second-order valence-electron chi connectivity index (χ2n) is 4.81. The minimum absolute atomic E-state index is 0.0817. The Hall–Kier alpha value is -1.06. The maximum absolute atomic E-state index is 11.6. The highest BCUT2D eigenvalue weighted by molar-refractivity contribution is 5.85. The number of nitrogens with one attached hydrogen (secondary N) is 1. The van der Waals surface area contributed by atoms with Crippen LogP contribution in [-0.4, -0.2) is 23.0 Å². The molecule has 2 aliphatic rings. The summed E-state index contributed by atoms with van der Waals surface area (Å²) in [6.07, 6.45) is 5.43. The van der Waals surface area contributed by atoms with Crippen LogP contribution in [0.5, 0.6) is 0 Å². The van der Waals surface area contributed by atoms with E-state index in [-0.39, 0.29) is 12.3 Å². The van der Waals surface area contributed by atoms with E-state index in [4.69, 9.17) is 0 Å². The Morgan fingerprint density at radius 2 is 1.87 bits per heavy atom. The lowest BCUT2D eigenvalue weighted by Gasteiger charge is -2.22. The SMILES string of the molecule is O=C(CC1(C(=O)O)CCCC1)NC1CC1. The van der Waals surface area contributed by atoms with E-state index in [9.17, 15) is 14.7 Å². The predicted molar refractivity (Wildman–Crippen MR) is 54.3 cm³/mol. The molecule has 0 radical (unpaired) electrons. The van der Waals surface area contributed by atoms with Gasteiger partial charge in [0, 0.05) is 12.5 Å². The highest BCUT2D eigenvalue weighted by atomic mass is 16.4. The molecule has 84 valence electrons. The van der Waals surface area contributed by atoms with Crippen molar-refractivity contribution in [2.45, 2.75) is 51.0 Å². The van der Waals surface area contributed by atoms with E-state index in [1.54, 1.807) is 0 Å². The first-order chi connectivity index (χ1) is 7.12. The summed E-state index contributed by atoms with van der Waals surface area (Å²) < 4.78 is 0. The van der Waals surface area contributed by atoms with Gasteiger partial charge in [-0.3, -0.25) is 9.59 Å². The van der Waals surface area contributed by atoms with Crippen LogP contribution < -0.4 is 5.32 Å². The standard InChI is InChI=1S/C11H17NO3/c13-9(12-8-3-4-8)7-11(10(14)15)5-1-2-6-11/h8H,1-7H2,(H,12,13)(H,14,15). The van der Waals surface area contributed by atoms with Gasteiger partial charge in [-0.2, -0.15) is 0 Å². The van der Waals surface area contributed by atoms with Gasteiger partial charge >= 0.3 is 5.97 Å². The topological polar surface area (TPSA) is 66.4 Å². The third-order valence-electron chi connectivity index (χ3n) is 3.46. The summed E-state index contributed by atoms with van der Waals surface area (Å²) in [4.78, 5) is 22.8. The Morgan fingerprint density at radius 1 is 1.27 bits per heavy atom. The van der Waals surface area contributed by atoms with Crippen molar-refractivity contribution >= 4 is 11.9 Å². The number of carboxylic acid groups (broad SMARTS) is 1. The van der Waals surface area contributed by atoms with E-state index in [1.165, 1.54) is 0 Å². The van der Waals surface area contributed by atoms with Crippen LogP contribution in [0.1, 0.15) is 44.9 Å². The number of aliphatic carboxylic acids is 1. The summed E-state index contributed by atoms with van der Waals surface area (Å²) in [6, 6.07) is 0.324. The fourth-order valence-electron chi connectivity index (χ4n) is 2.33. The van der Waals surface area contributed by atoms with Crippen molar-refractivity contribution in [1.29, 1.82) is 0 Å². The van der Waals surface area contributed by atoms with Crippen LogP contribution in [0, 0.1) is 5.41 Å². The Bertz CT molecular complexity index is 278. The largest absolute Gasteiger partial charge is 0.481 e. The van der Waals surface area contributed by atoms with Gasteiger partial charge in [0.25, 0.3) is 0 Å². The molecule has 1 amide bonds. The van der Waals surface area contributed by atoms with Crippen molar-refractivity contribution in [2.75, 3.05) is 0 Å². The first-order valence-corrected chi connectivity index (χ1v) is 5.65. The minimum atomic E-state index is -0.800. The number of carbonyl (C=O) groups is 2. The second-order valence-corrected chi connectivity index (χ2v) is 4.81. The normalized spacial score (nSPS) is 23.7. The monoisotopic (exact) mass is 211 g/mol. The summed E-state index contributed by atoms with van der Waals surface area (Å²) in [5.41, 5.74) is -0.765. The van der Waals surface area contributed by atoms with E-state index in [0.717, 1.165) is 25.7 Å². The molecule has 0 saturated heterocycles. The number of amides is 1. The van der Waals surface area contributed by atoms with E-state index < -0.39 is 11.4 Å². The Balaban J connectivity index is 1.93. The van der Waals surface area contributed by atoms with E-state index >= 15 is 0 Å². The maximum Gasteiger partial charge on any atom is 0.310 e. The molecule has 0 aliphatic heterocycles. The molecule has 15 heavy (non-hydrogen) atoms. The first-order valence-electron chi connectivity index (χ1n) is 5.65. The Kier molecular flexibility index (Phi) is 2.67.